The topological polar surface area (TPSA) is 127 Å². The first-order valence-corrected chi connectivity index (χ1v) is 10.5. The van der Waals surface area contributed by atoms with Crippen molar-refractivity contribution in [3.8, 4) is 17.0 Å². The lowest BCUT2D eigenvalue weighted by molar-refractivity contribution is -0.386. The number of nitrogens with one attached hydrogen (secondary N) is 1. The Kier molecular flexibility index (Phi) is 6.31. The standard InChI is InChI=1S/C22H25N7O4/c1-14(22(30)28-8-6-27(2)7-9-28)26-20-17-10-15(4-5-18(17)24-13-25-20)16-11-19(29(31)32)21(33-3)23-12-16/h4-5,10-14H,6-9H2,1-3H3,(H,24,25,26). The molecule has 0 saturated carbocycles. The van der Waals surface area contributed by atoms with Crippen LogP contribution in [0.15, 0.2) is 36.8 Å². The Bertz CT molecular complexity index is 1190. The van der Waals surface area contributed by atoms with E-state index in [9.17, 15) is 14.9 Å². The Hall–Kier alpha value is -3.86. The maximum atomic E-state index is 12.9. The summed E-state index contributed by atoms with van der Waals surface area (Å²) in [6, 6.07) is 6.39. The summed E-state index contributed by atoms with van der Waals surface area (Å²) >= 11 is 0. The van der Waals surface area contributed by atoms with E-state index in [1.165, 1.54) is 25.7 Å². The molecule has 172 valence electrons. The monoisotopic (exact) mass is 451 g/mol. The van der Waals surface area contributed by atoms with Crippen LogP contribution in [0.5, 0.6) is 5.88 Å². The molecule has 11 nitrogen and oxygen atoms in total. The first-order valence-electron chi connectivity index (χ1n) is 10.5. The molecule has 1 N–H and O–H groups in total. The molecule has 2 aromatic heterocycles. The second-order valence-corrected chi connectivity index (χ2v) is 7.96. The summed E-state index contributed by atoms with van der Waals surface area (Å²) in [5.74, 6) is 0.486. The number of nitrogens with zero attached hydrogens (tertiary/aromatic N) is 6. The van der Waals surface area contributed by atoms with E-state index in [0.29, 0.717) is 40.9 Å². The highest BCUT2D eigenvalue weighted by Gasteiger charge is 2.24. The van der Waals surface area contributed by atoms with E-state index in [1.54, 1.807) is 6.07 Å². The van der Waals surface area contributed by atoms with E-state index >= 15 is 0 Å². The number of hydrogen-bond donors (Lipinski definition) is 1. The number of hydrogen-bond acceptors (Lipinski definition) is 9. The van der Waals surface area contributed by atoms with Crippen LogP contribution < -0.4 is 10.1 Å². The molecule has 3 aromatic rings. The molecule has 33 heavy (non-hydrogen) atoms. The van der Waals surface area contributed by atoms with Gasteiger partial charge in [0.15, 0.2) is 0 Å². The smallest absolute Gasteiger partial charge is 0.331 e. The lowest BCUT2D eigenvalue weighted by Crippen LogP contribution is -2.51. The zero-order valence-electron chi connectivity index (χ0n) is 18.7. The molecule has 4 rings (SSSR count). The summed E-state index contributed by atoms with van der Waals surface area (Å²) in [5.41, 5.74) is 1.73. The number of nitro groups is 1. The minimum absolute atomic E-state index is 0.0148. The van der Waals surface area contributed by atoms with Gasteiger partial charge in [-0.15, -0.1) is 0 Å². The Balaban J connectivity index is 1.63. The van der Waals surface area contributed by atoms with Gasteiger partial charge in [-0.1, -0.05) is 6.07 Å². The van der Waals surface area contributed by atoms with Gasteiger partial charge in [0.2, 0.25) is 5.91 Å². The Morgan fingerprint density at radius 3 is 2.61 bits per heavy atom. The van der Waals surface area contributed by atoms with Gasteiger partial charge in [0.25, 0.3) is 5.88 Å². The van der Waals surface area contributed by atoms with Crippen molar-refractivity contribution in [1.29, 1.82) is 0 Å². The maximum Gasteiger partial charge on any atom is 0.331 e. The van der Waals surface area contributed by atoms with Gasteiger partial charge in [0.1, 0.15) is 18.2 Å². The van der Waals surface area contributed by atoms with Crippen molar-refractivity contribution in [1.82, 2.24) is 24.8 Å². The minimum atomic E-state index is -0.530. The summed E-state index contributed by atoms with van der Waals surface area (Å²) in [7, 11) is 3.38. The third-order valence-corrected chi connectivity index (χ3v) is 5.73. The quantitative estimate of drug-likeness (QED) is 0.443. The first kappa shape index (κ1) is 22.3. The van der Waals surface area contributed by atoms with Crippen molar-refractivity contribution in [2.45, 2.75) is 13.0 Å². The predicted molar refractivity (Wildman–Crippen MR) is 123 cm³/mol. The zero-order valence-corrected chi connectivity index (χ0v) is 18.7. The van der Waals surface area contributed by atoms with E-state index in [0.717, 1.165) is 13.1 Å². The first-order chi connectivity index (χ1) is 15.9. The number of anilines is 1. The Morgan fingerprint density at radius 2 is 1.91 bits per heavy atom. The molecule has 0 bridgehead atoms. The molecule has 1 aliphatic heterocycles. The lowest BCUT2D eigenvalue weighted by atomic mass is 10.0. The summed E-state index contributed by atoms with van der Waals surface area (Å²) in [4.78, 5) is 40.5. The number of benzene rings is 1. The number of aromatic nitrogens is 3. The van der Waals surface area contributed by atoms with Gasteiger partial charge >= 0.3 is 5.69 Å². The number of rotatable bonds is 6. The van der Waals surface area contributed by atoms with Crippen molar-refractivity contribution in [2.24, 2.45) is 0 Å². The highest BCUT2D eigenvalue weighted by atomic mass is 16.6. The van der Waals surface area contributed by atoms with E-state index in [4.69, 9.17) is 4.74 Å². The van der Waals surface area contributed by atoms with Gasteiger partial charge in [-0.2, -0.15) is 0 Å². The summed E-state index contributed by atoms with van der Waals surface area (Å²) in [5, 5.41) is 15.3. The number of likely N-dealkylation sites (N-methyl/N-ethyl adjacent to an activating group) is 1. The van der Waals surface area contributed by atoms with E-state index in [-0.39, 0.29) is 17.5 Å². The molecular weight excluding hydrogens is 426 g/mol. The summed E-state index contributed by atoms with van der Waals surface area (Å²) in [6.07, 6.45) is 2.96. The number of fused-ring (bicyclic) bond motifs is 1. The van der Waals surface area contributed by atoms with E-state index in [2.05, 4.69) is 25.2 Å². The van der Waals surface area contributed by atoms with Gasteiger partial charge < -0.3 is 19.9 Å². The van der Waals surface area contributed by atoms with Crippen molar-refractivity contribution < 1.29 is 14.5 Å². The van der Waals surface area contributed by atoms with Crippen LogP contribution in [0.2, 0.25) is 0 Å². The number of carbonyl (C=O) groups is 1. The number of carbonyl (C=O) groups excluding carboxylic acids is 1. The average Bonchev–Trinajstić information content (AvgIpc) is 2.83. The number of methoxy groups -OCH3 is 1. The van der Waals surface area contributed by atoms with Crippen LogP contribution in [-0.4, -0.2) is 82.0 Å². The minimum Gasteiger partial charge on any atom is -0.476 e. The van der Waals surface area contributed by atoms with E-state index in [1.807, 2.05) is 31.0 Å². The van der Waals surface area contributed by atoms with Crippen LogP contribution in [0, 0.1) is 10.1 Å². The fraction of sp³-hybridized carbons (Fsp3) is 0.364. The van der Waals surface area contributed by atoms with Gasteiger partial charge in [-0.25, -0.2) is 15.0 Å². The lowest BCUT2D eigenvalue weighted by Gasteiger charge is -2.34. The Labute approximate surface area is 190 Å². The number of piperazine rings is 1. The third kappa shape index (κ3) is 4.67. The summed E-state index contributed by atoms with van der Waals surface area (Å²) < 4.78 is 4.99. The molecule has 1 unspecified atom stereocenters. The molecule has 1 saturated heterocycles. The zero-order chi connectivity index (χ0) is 23.5. The summed E-state index contributed by atoms with van der Waals surface area (Å²) in [6.45, 7) is 4.90. The largest absolute Gasteiger partial charge is 0.476 e. The van der Waals surface area contributed by atoms with Gasteiger partial charge in [-0.3, -0.25) is 14.9 Å². The van der Waals surface area contributed by atoms with Crippen LogP contribution >= 0.6 is 0 Å². The van der Waals surface area contributed by atoms with Crippen LogP contribution in [0.4, 0.5) is 11.5 Å². The fourth-order valence-corrected chi connectivity index (χ4v) is 3.81. The highest BCUT2D eigenvalue weighted by Crippen LogP contribution is 2.32. The van der Waals surface area contributed by atoms with Gasteiger partial charge in [0, 0.05) is 49.4 Å². The normalized spacial score (nSPS) is 15.3. The fourth-order valence-electron chi connectivity index (χ4n) is 3.81. The average molecular weight is 451 g/mol. The molecule has 1 atom stereocenters. The second-order valence-electron chi connectivity index (χ2n) is 7.96. The second kappa shape index (κ2) is 9.33. The number of ether oxygens (including phenoxy) is 1. The van der Waals surface area contributed by atoms with Gasteiger partial charge in [-0.05, 0) is 31.7 Å². The molecule has 1 aliphatic rings. The van der Waals surface area contributed by atoms with Crippen LogP contribution in [0.1, 0.15) is 6.92 Å². The maximum absolute atomic E-state index is 12.9. The number of amides is 1. The van der Waals surface area contributed by atoms with Crippen LogP contribution in [0.25, 0.3) is 22.0 Å². The molecule has 0 spiro atoms. The molecular formula is C22H25N7O4. The van der Waals surface area contributed by atoms with Crippen molar-refractivity contribution in [2.75, 3.05) is 45.7 Å². The van der Waals surface area contributed by atoms with Crippen LogP contribution in [0.3, 0.4) is 0 Å². The van der Waals surface area contributed by atoms with Crippen molar-refractivity contribution in [3.63, 3.8) is 0 Å². The van der Waals surface area contributed by atoms with Crippen molar-refractivity contribution in [3.05, 3.63) is 46.9 Å². The van der Waals surface area contributed by atoms with E-state index < -0.39 is 11.0 Å². The van der Waals surface area contributed by atoms with Gasteiger partial charge in [0.05, 0.1) is 17.5 Å². The Morgan fingerprint density at radius 1 is 1.15 bits per heavy atom. The molecule has 1 fully saturated rings. The highest BCUT2D eigenvalue weighted by molar-refractivity contribution is 5.94. The van der Waals surface area contributed by atoms with Crippen molar-refractivity contribution >= 4 is 28.3 Å². The molecule has 0 aliphatic carbocycles. The number of pyridine rings is 1. The molecule has 3 heterocycles. The SMILES string of the molecule is COc1ncc(-c2ccc3ncnc(NC(C)C(=O)N4CCN(C)CC4)c3c2)cc1[N+](=O)[O-]. The molecule has 11 heteroatoms. The molecule has 0 radical (unpaired) electrons. The molecule has 1 aromatic carbocycles. The third-order valence-electron chi connectivity index (χ3n) is 5.73. The predicted octanol–water partition coefficient (Wildman–Crippen LogP) is 2.18. The molecule has 1 amide bonds. The van der Waals surface area contributed by atoms with Crippen LogP contribution in [-0.2, 0) is 4.79 Å².